The molecule has 8 heteroatoms. The summed E-state index contributed by atoms with van der Waals surface area (Å²) in [4.78, 5) is 11.4. The fourth-order valence-corrected chi connectivity index (χ4v) is 2.21. The van der Waals surface area contributed by atoms with E-state index in [1.54, 1.807) is 11.6 Å². The molecule has 108 valence electrons. The molecule has 1 aromatic heterocycles. The van der Waals surface area contributed by atoms with Crippen LogP contribution in [0.15, 0.2) is 5.16 Å². The van der Waals surface area contributed by atoms with E-state index in [-0.39, 0.29) is 11.2 Å². The Kier molecular flexibility index (Phi) is 6.79. The fourth-order valence-electron chi connectivity index (χ4n) is 1.37. The minimum Gasteiger partial charge on any atom is -0.468 e. The summed E-state index contributed by atoms with van der Waals surface area (Å²) in [5.41, 5.74) is 0. The van der Waals surface area contributed by atoms with E-state index in [0.717, 1.165) is 13.1 Å². The van der Waals surface area contributed by atoms with Gasteiger partial charge in [0, 0.05) is 6.54 Å². The van der Waals surface area contributed by atoms with Crippen LogP contribution in [0.1, 0.15) is 20.8 Å². The molecule has 1 rings (SSSR count). The van der Waals surface area contributed by atoms with Gasteiger partial charge in [0.05, 0.1) is 13.7 Å². The zero-order valence-corrected chi connectivity index (χ0v) is 12.6. The number of ether oxygens (including phenoxy) is 1. The molecule has 1 atom stereocenters. The SMILES string of the molecule is COC(=O)C(C)Sc1nnnn1CCNCC(C)C. The second-order valence-corrected chi connectivity index (χ2v) is 5.87. The molecule has 0 radical (unpaired) electrons. The molecule has 0 saturated heterocycles. The van der Waals surface area contributed by atoms with Crippen LogP contribution in [0.2, 0.25) is 0 Å². The van der Waals surface area contributed by atoms with Crippen LogP contribution in [-0.2, 0) is 16.1 Å². The van der Waals surface area contributed by atoms with E-state index in [0.29, 0.717) is 17.6 Å². The van der Waals surface area contributed by atoms with Gasteiger partial charge in [0.15, 0.2) is 0 Å². The van der Waals surface area contributed by atoms with Crippen molar-refractivity contribution >= 4 is 17.7 Å². The number of hydrogen-bond donors (Lipinski definition) is 1. The highest BCUT2D eigenvalue weighted by Gasteiger charge is 2.18. The first-order valence-electron chi connectivity index (χ1n) is 6.26. The van der Waals surface area contributed by atoms with Crippen LogP contribution in [0, 0.1) is 5.92 Å². The monoisotopic (exact) mass is 287 g/mol. The topological polar surface area (TPSA) is 81.9 Å². The van der Waals surface area contributed by atoms with E-state index in [1.165, 1.54) is 18.9 Å². The first-order valence-corrected chi connectivity index (χ1v) is 7.14. The molecular weight excluding hydrogens is 266 g/mol. The smallest absolute Gasteiger partial charge is 0.318 e. The molecule has 1 unspecified atom stereocenters. The maximum absolute atomic E-state index is 11.4. The Morgan fingerprint density at radius 3 is 2.84 bits per heavy atom. The summed E-state index contributed by atoms with van der Waals surface area (Å²) in [7, 11) is 1.37. The van der Waals surface area contributed by atoms with Gasteiger partial charge in [-0.15, -0.1) is 5.10 Å². The number of hydrogen-bond acceptors (Lipinski definition) is 7. The van der Waals surface area contributed by atoms with Crippen molar-refractivity contribution in [2.24, 2.45) is 5.92 Å². The summed E-state index contributed by atoms with van der Waals surface area (Å²) < 4.78 is 6.37. The quantitative estimate of drug-likeness (QED) is 0.425. The number of carbonyl (C=O) groups excluding carboxylic acids is 1. The second kappa shape index (κ2) is 8.11. The Morgan fingerprint density at radius 2 is 2.21 bits per heavy atom. The van der Waals surface area contributed by atoms with Crippen molar-refractivity contribution in [1.29, 1.82) is 0 Å². The number of thioether (sulfide) groups is 1. The van der Waals surface area contributed by atoms with Gasteiger partial charge in [0.25, 0.3) is 0 Å². The molecule has 0 aromatic carbocycles. The van der Waals surface area contributed by atoms with E-state index >= 15 is 0 Å². The number of rotatable bonds is 8. The average molecular weight is 287 g/mol. The van der Waals surface area contributed by atoms with E-state index in [1.807, 2.05) is 0 Å². The third-order valence-corrected chi connectivity index (χ3v) is 3.42. The lowest BCUT2D eigenvalue weighted by Gasteiger charge is -2.10. The van der Waals surface area contributed by atoms with Gasteiger partial charge in [0.1, 0.15) is 5.25 Å². The lowest BCUT2D eigenvalue weighted by Crippen LogP contribution is -2.25. The van der Waals surface area contributed by atoms with E-state index in [9.17, 15) is 4.79 Å². The maximum atomic E-state index is 11.4. The van der Waals surface area contributed by atoms with Gasteiger partial charge in [-0.2, -0.15) is 0 Å². The molecule has 0 aliphatic rings. The van der Waals surface area contributed by atoms with Gasteiger partial charge in [-0.25, -0.2) is 4.68 Å². The van der Waals surface area contributed by atoms with Crippen molar-refractivity contribution in [2.45, 2.75) is 37.7 Å². The van der Waals surface area contributed by atoms with Crippen LogP contribution in [0.5, 0.6) is 0 Å². The molecule has 0 saturated carbocycles. The molecule has 19 heavy (non-hydrogen) atoms. The van der Waals surface area contributed by atoms with Gasteiger partial charge < -0.3 is 10.1 Å². The second-order valence-electron chi connectivity index (χ2n) is 4.57. The lowest BCUT2D eigenvalue weighted by atomic mass is 10.2. The van der Waals surface area contributed by atoms with Crippen molar-refractivity contribution < 1.29 is 9.53 Å². The number of nitrogens with one attached hydrogen (secondary N) is 1. The van der Waals surface area contributed by atoms with E-state index in [4.69, 9.17) is 0 Å². The Morgan fingerprint density at radius 1 is 1.47 bits per heavy atom. The fraction of sp³-hybridized carbons (Fsp3) is 0.818. The number of carbonyl (C=O) groups is 1. The molecule has 7 nitrogen and oxygen atoms in total. The number of tetrazole rings is 1. The summed E-state index contributed by atoms with van der Waals surface area (Å²) in [6.07, 6.45) is 0. The normalized spacial score (nSPS) is 12.7. The summed E-state index contributed by atoms with van der Waals surface area (Å²) in [5, 5.41) is 15.1. The highest BCUT2D eigenvalue weighted by Crippen LogP contribution is 2.20. The molecule has 0 spiro atoms. The summed E-state index contributed by atoms with van der Waals surface area (Å²) in [5.74, 6) is 0.333. The lowest BCUT2D eigenvalue weighted by molar-refractivity contribution is -0.139. The largest absolute Gasteiger partial charge is 0.468 e. The van der Waals surface area contributed by atoms with E-state index in [2.05, 4.69) is 39.4 Å². The first kappa shape index (κ1) is 15.9. The van der Waals surface area contributed by atoms with Crippen LogP contribution in [0.3, 0.4) is 0 Å². The zero-order chi connectivity index (χ0) is 14.3. The first-order chi connectivity index (χ1) is 9.04. The summed E-state index contributed by atoms with van der Waals surface area (Å²) in [6, 6.07) is 0. The maximum Gasteiger partial charge on any atom is 0.318 e. The predicted molar refractivity (Wildman–Crippen MR) is 72.9 cm³/mol. The minimum atomic E-state index is -0.321. The number of nitrogens with zero attached hydrogens (tertiary/aromatic N) is 4. The summed E-state index contributed by atoms with van der Waals surface area (Å²) in [6.45, 7) is 8.52. The molecular formula is C11H21N5O2S. The van der Waals surface area contributed by atoms with Crippen molar-refractivity contribution in [3.8, 4) is 0 Å². The number of aromatic nitrogens is 4. The van der Waals surface area contributed by atoms with Crippen molar-refractivity contribution in [1.82, 2.24) is 25.5 Å². The van der Waals surface area contributed by atoms with E-state index < -0.39 is 0 Å². The third kappa shape index (κ3) is 5.56. The minimum absolute atomic E-state index is 0.280. The molecule has 1 N–H and O–H groups in total. The Labute approximate surface area is 117 Å². The molecule has 1 aromatic rings. The van der Waals surface area contributed by atoms with Gasteiger partial charge >= 0.3 is 5.97 Å². The average Bonchev–Trinajstić information content (AvgIpc) is 2.80. The molecule has 0 aliphatic carbocycles. The molecule has 0 amide bonds. The van der Waals surface area contributed by atoms with Crippen LogP contribution in [-0.4, -0.2) is 51.6 Å². The van der Waals surface area contributed by atoms with Crippen molar-refractivity contribution in [3.63, 3.8) is 0 Å². The van der Waals surface area contributed by atoms with Gasteiger partial charge in [-0.05, 0) is 29.8 Å². The van der Waals surface area contributed by atoms with Crippen molar-refractivity contribution in [2.75, 3.05) is 20.2 Å². The molecule has 0 aliphatic heterocycles. The molecule has 0 bridgehead atoms. The van der Waals surface area contributed by atoms with Crippen molar-refractivity contribution in [3.05, 3.63) is 0 Å². The highest BCUT2D eigenvalue weighted by atomic mass is 32.2. The van der Waals surface area contributed by atoms with Crippen LogP contribution >= 0.6 is 11.8 Å². The standard InChI is InChI=1S/C11H21N5O2S/c1-8(2)7-12-5-6-16-11(13-14-15-16)19-9(3)10(17)18-4/h8-9,12H,5-7H2,1-4H3. The number of methoxy groups -OCH3 is 1. The van der Waals surface area contributed by atoms with Crippen LogP contribution in [0.25, 0.3) is 0 Å². The molecule has 0 fully saturated rings. The Balaban J connectivity index is 2.44. The highest BCUT2D eigenvalue weighted by molar-refractivity contribution is 8.00. The Bertz CT molecular complexity index is 396. The Hall–Kier alpha value is -1.15. The van der Waals surface area contributed by atoms with Gasteiger partial charge in [0.2, 0.25) is 5.16 Å². The van der Waals surface area contributed by atoms with Gasteiger partial charge in [-0.3, -0.25) is 4.79 Å². The third-order valence-electron chi connectivity index (χ3n) is 2.37. The molecule has 1 heterocycles. The predicted octanol–water partition coefficient (Wildman–Crippen LogP) is 0.572. The summed E-state index contributed by atoms with van der Waals surface area (Å²) >= 11 is 1.30. The zero-order valence-electron chi connectivity index (χ0n) is 11.8. The van der Waals surface area contributed by atoms with Crippen LogP contribution in [0.4, 0.5) is 0 Å². The van der Waals surface area contributed by atoms with Gasteiger partial charge in [-0.1, -0.05) is 25.6 Å². The number of esters is 1. The van der Waals surface area contributed by atoms with Crippen LogP contribution < -0.4 is 5.32 Å².